The molecule has 0 aromatic carbocycles. The van der Waals surface area contributed by atoms with Gasteiger partial charge in [0.1, 0.15) is 0 Å². The third-order valence-corrected chi connectivity index (χ3v) is 4.34. The van der Waals surface area contributed by atoms with E-state index in [1.807, 2.05) is 32.7 Å². The summed E-state index contributed by atoms with van der Waals surface area (Å²) in [5.41, 5.74) is -0.461. The van der Waals surface area contributed by atoms with Gasteiger partial charge < -0.3 is 10.6 Å². The number of hydrogen-bond donors (Lipinski definition) is 2. The lowest BCUT2D eigenvalue weighted by Crippen LogP contribution is -2.53. The van der Waals surface area contributed by atoms with Crippen LogP contribution in [0.5, 0.6) is 0 Å². The highest BCUT2D eigenvalue weighted by molar-refractivity contribution is 7.99. The largest absolute Gasteiger partial charge is 0.352 e. The molecule has 0 radical (unpaired) electrons. The normalized spacial score (nSPS) is 26.7. The van der Waals surface area contributed by atoms with Crippen LogP contribution in [0.25, 0.3) is 0 Å². The number of rotatable bonds is 4. The van der Waals surface area contributed by atoms with E-state index in [4.69, 9.17) is 0 Å². The molecule has 0 aliphatic heterocycles. The second-order valence-corrected chi connectivity index (χ2v) is 5.85. The summed E-state index contributed by atoms with van der Waals surface area (Å²) >= 11 is 1.91. The van der Waals surface area contributed by atoms with Crippen LogP contribution >= 0.6 is 11.8 Å². The number of carbonyl (C=O) groups is 1. The van der Waals surface area contributed by atoms with Crippen molar-refractivity contribution < 1.29 is 4.79 Å². The van der Waals surface area contributed by atoms with E-state index in [0.717, 1.165) is 18.1 Å². The highest BCUT2D eigenvalue weighted by atomic mass is 32.2. The molecule has 2 unspecified atom stereocenters. The molecule has 0 heterocycles. The Morgan fingerprint density at radius 2 is 2.07 bits per heavy atom. The van der Waals surface area contributed by atoms with Gasteiger partial charge in [-0.2, -0.15) is 11.8 Å². The maximum atomic E-state index is 11.9. The van der Waals surface area contributed by atoms with Gasteiger partial charge >= 0.3 is 0 Å². The molecule has 0 aromatic rings. The Kier molecular flexibility index (Phi) is 4.46. The van der Waals surface area contributed by atoms with Gasteiger partial charge in [-0.05, 0) is 46.4 Å². The van der Waals surface area contributed by atoms with Crippen LogP contribution in [-0.2, 0) is 4.79 Å². The molecule has 2 atom stereocenters. The quantitative estimate of drug-likeness (QED) is 0.767. The van der Waals surface area contributed by atoms with Crippen molar-refractivity contribution in [3.05, 3.63) is 0 Å². The fourth-order valence-corrected chi connectivity index (χ4v) is 2.56. The predicted molar refractivity (Wildman–Crippen MR) is 66.2 cm³/mol. The average Bonchev–Trinajstić information content (AvgIpc) is 2.65. The van der Waals surface area contributed by atoms with E-state index in [2.05, 4.69) is 16.9 Å². The van der Waals surface area contributed by atoms with Crippen LogP contribution in [0.4, 0.5) is 0 Å². The Morgan fingerprint density at radius 1 is 1.40 bits per heavy atom. The fourth-order valence-electron chi connectivity index (χ4n) is 1.76. The molecule has 3 nitrogen and oxygen atoms in total. The van der Waals surface area contributed by atoms with Crippen LogP contribution in [0.1, 0.15) is 33.1 Å². The predicted octanol–water partition coefficient (Wildman–Crippen LogP) is 1.38. The van der Waals surface area contributed by atoms with E-state index in [0.29, 0.717) is 6.04 Å². The van der Waals surface area contributed by atoms with Gasteiger partial charge in [0, 0.05) is 11.3 Å². The summed E-state index contributed by atoms with van der Waals surface area (Å²) in [6, 6.07) is 0.377. The van der Waals surface area contributed by atoms with Gasteiger partial charge in [0.25, 0.3) is 0 Å². The van der Waals surface area contributed by atoms with Crippen molar-refractivity contribution >= 4 is 17.7 Å². The molecule has 1 saturated carbocycles. The molecular formula is C11H22N2OS. The van der Waals surface area contributed by atoms with Crippen LogP contribution in [-0.4, -0.2) is 36.0 Å². The van der Waals surface area contributed by atoms with Gasteiger partial charge in [-0.15, -0.1) is 0 Å². The van der Waals surface area contributed by atoms with E-state index in [1.165, 1.54) is 6.42 Å². The number of likely N-dealkylation sites (N-methyl/N-ethyl adjacent to an activating group) is 1. The molecule has 1 aliphatic carbocycles. The summed E-state index contributed by atoms with van der Waals surface area (Å²) in [5.74, 6) is 0.108. The molecule has 1 rings (SSSR count). The van der Waals surface area contributed by atoms with E-state index < -0.39 is 5.54 Å². The molecule has 1 fully saturated rings. The number of amides is 1. The minimum atomic E-state index is -0.461. The van der Waals surface area contributed by atoms with E-state index in [-0.39, 0.29) is 5.91 Å². The summed E-state index contributed by atoms with van der Waals surface area (Å²) in [5, 5.41) is 6.87. The van der Waals surface area contributed by atoms with Crippen molar-refractivity contribution in [3.63, 3.8) is 0 Å². The van der Waals surface area contributed by atoms with Gasteiger partial charge in [0.15, 0.2) is 0 Å². The molecular weight excluding hydrogens is 208 g/mol. The lowest BCUT2D eigenvalue weighted by molar-refractivity contribution is -0.126. The Balaban J connectivity index is 2.40. The topological polar surface area (TPSA) is 41.1 Å². The molecule has 4 heteroatoms. The lowest BCUT2D eigenvalue weighted by atomic mass is 10.0. The van der Waals surface area contributed by atoms with Gasteiger partial charge in [-0.25, -0.2) is 0 Å². The molecule has 0 saturated heterocycles. The molecule has 0 aromatic heterocycles. The SMILES string of the molecule is CNC(C)(C)C(=O)NC1CCC(SC)C1. The standard InChI is InChI=1S/C11H22N2OS/c1-11(2,12-3)10(14)13-8-5-6-9(7-8)15-4/h8-9,12H,5-7H2,1-4H3,(H,13,14). The molecule has 1 aliphatic rings. The van der Waals surface area contributed by atoms with Crippen molar-refractivity contribution in [3.8, 4) is 0 Å². The zero-order valence-corrected chi connectivity index (χ0v) is 10.9. The van der Waals surface area contributed by atoms with Gasteiger partial charge in [-0.3, -0.25) is 4.79 Å². The highest BCUT2D eigenvalue weighted by Gasteiger charge is 2.30. The molecule has 0 bridgehead atoms. The summed E-state index contributed by atoms with van der Waals surface area (Å²) in [6.45, 7) is 3.81. The van der Waals surface area contributed by atoms with E-state index in [9.17, 15) is 4.79 Å². The second kappa shape index (κ2) is 5.21. The third-order valence-electron chi connectivity index (χ3n) is 3.25. The van der Waals surface area contributed by atoms with Crippen LogP contribution in [0.15, 0.2) is 0 Å². The maximum Gasteiger partial charge on any atom is 0.239 e. The van der Waals surface area contributed by atoms with Crippen molar-refractivity contribution in [2.24, 2.45) is 0 Å². The smallest absolute Gasteiger partial charge is 0.239 e. The first kappa shape index (κ1) is 12.8. The zero-order valence-electron chi connectivity index (χ0n) is 10.1. The fraction of sp³-hybridized carbons (Fsp3) is 0.909. The first-order chi connectivity index (χ1) is 6.99. The Labute approximate surface area is 96.8 Å². The number of hydrogen-bond acceptors (Lipinski definition) is 3. The lowest BCUT2D eigenvalue weighted by Gasteiger charge is -2.25. The summed E-state index contributed by atoms with van der Waals surface area (Å²) in [6.07, 6.45) is 5.61. The maximum absolute atomic E-state index is 11.9. The minimum absolute atomic E-state index is 0.108. The molecule has 1 amide bonds. The number of carbonyl (C=O) groups excluding carboxylic acids is 1. The van der Waals surface area contributed by atoms with Gasteiger partial charge in [0.2, 0.25) is 5.91 Å². The van der Waals surface area contributed by atoms with E-state index in [1.54, 1.807) is 0 Å². The monoisotopic (exact) mass is 230 g/mol. The van der Waals surface area contributed by atoms with Crippen LogP contribution < -0.4 is 10.6 Å². The number of thioether (sulfide) groups is 1. The minimum Gasteiger partial charge on any atom is -0.352 e. The summed E-state index contributed by atoms with van der Waals surface area (Å²) < 4.78 is 0. The Hall–Kier alpha value is -0.220. The van der Waals surface area contributed by atoms with Crippen LogP contribution in [0.3, 0.4) is 0 Å². The number of nitrogens with one attached hydrogen (secondary N) is 2. The molecule has 0 spiro atoms. The Bertz CT molecular complexity index is 231. The molecule has 88 valence electrons. The summed E-state index contributed by atoms with van der Waals surface area (Å²) in [4.78, 5) is 11.9. The van der Waals surface area contributed by atoms with Crippen molar-refractivity contribution in [1.29, 1.82) is 0 Å². The highest BCUT2D eigenvalue weighted by Crippen LogP contribution is 2.28. The first-order valence-corrected chi connectivity index (χ1v) is 6.81. The van der Waals surface area contributed by atoms with E-state index >= 15 is 0 Å². The molecule has 2 N–H and O–H groups in total. The summed E-state index contributed by atoms with van der Waals surface area (Å²) in [7, 11) is 1.82. The van der Waals surface area contributed by atoms with Crippen LogP contribution in [0, 0.1) is 0 Å². The van der Waals surface area contributed by atoms with Gasteiger partial charge in [0.05, 0.1) is 5.54 Å². The Morgan fingerprint density at radius 3 is 2.53 bits per heavy atom. The van der Waals surface area contributed by atoms with Crippen molar-refractivity contribution in [1.82, 2.24) is 10.6 Å². The average molecular weight is 230 g/mol. The van der Waals surface area contributed by atoms with Crippen LogP contribution in [0.2, 0.25) is 0 Å². The second-order valence-electron chi connectivity index (χ2n) is 4.72. The third kappa shape index (κ3) is 3.38. The van der Waals surface area contributed by atoms with Crippen molar-refractivity contribution in [2.45, 2.75) is 49.9 Å². The first-order valence-electron chi connectivity index (χ1n) is 5.52. The zero-order chi connectivity index (χ0) is 11.5. The van der Waals surface area contributed by atoms with Crippen molar-refractivity contribution in [2.75, 3.05) is 13.3 Å². The molecule has 15 heavy (non-hydrogen) atoms. The van der Waals surface area contributed by atoms with Gasteiger partial charge in [-0.1, -0.05) is 0 Å².